The highest BCUT2D eigenvalue weighted by Gasteiger charge is 2.37. The third kappa shape index (κ3) is 3.21. The number of hydrogen-bond donors (Lipinski definition) is 1. The van der Waals surface area contributed by atoms with Crippen LogP contribution < -0.4 is 0 Å². The van der Waals surface area contributed by atoms with Crippen molar-refractivity contribution in [2.24, 2.45) is 11.8 Å². The minimum absolute atomic E-state index is 0.0297. The quantitative estimate of drug-likeness (QED) is 0.664. The summed E-state index contributed by atoms with van der Waals surface area (Å²) in [5.41, 5.74) is 0.900. The molecule has 2 heterocycles. The summed E-state index contributed by atoms with van der Waals surface area (Å²) in [4.78, 5) is 35.4. The van der Waals surface area contributed by atoms with Crippen LogP contribution in [0.4, 0.5) is 5.69 Å². The van der Waals surface area contributed by atoms with Crippen molar-refractivity contribution >= 4 is 17.6 Å². The Morgan fingerprint density at radius 3 is 2.52 bits per heavy atom. The standard InChI is InChI=1S/C16H16N4O5/c1-10-7-18(9-14(10)16(22)23)15(21)11-6-17-19(8-11)12-2-4-13(5-3-12)20(24)25/h2-6,8,10,14H,7,9H2,1H3,(H,22,23)/t10-,14-/m1/s1. The molecular weight excluding hydrogens is 328 g/mol. The molecule has 1 fully saturated rings. The number of hydrogen-bond acceptors (Lipinski definition) is 5. The number of aliphatic carboxylic acids is 1. The Kier molecular flexibility index (Phi) is 4.22. The third-order valence-corrected chi connectivity index (χ3v) is 4.37. The van der Waals surface area contributed by atoms with E-state index in [2.05, 4.69) is 5.10 Å². The van der Waals surface area contributed by atoms with Crippen LogP contribution in [0, 0.1) is 22.0 Å². The normalized spacial score (nSPS) is 19.8. The number of carbonyl (C=O) groups is 2. The predicted octanol–water partition coefficient (Wildman–Crippen LogP) is 1.57. The fourth-order valence-corrected chi connectivity index (χ4v) is 2.94. The van der Waals surface area contributed by atoms with E-state index in [1.54, 1.807) is 0 Å². The minimum Gasteiger partial charge on any atom is -0.481 e. The van der Waals surface area contributed by atoms with Gasteiger partial charge in [-0.3, -0.25) is 19.7 Å². The average Bonchev–Trinajstić information content (AvgIpc) is 3.21. The fourth-order valence-electron chi connectivity index (χ4n) is 2.94. The van der Waals surface area contributed by atoms with Gasteiger partial charge in [0.15, 0.2) is 0 Å². The number of nitro groups is 1. The first kappa shape index (κ1) is 16.6. The molecular formula is C16H16N4O5. The lowest BCUT2D eigenvalue weighted by atomic mass is 9.99. The van der Waals surface area contributed by atoms with E-state index < -0.39 is 16.8 Å². The van der Waals surface area contributed by atoms with E-state index in [0.29, 0.717) is 17.8 Å². The Morgan fingerprint density at radius 2 is 1.96 bits per heavy atom. The van der Waals surface area contributed by atoms with E-state index in [1.807, 2.05) is 6.92 Å². The van der Waals surface area contributed by atoms with Gasteiger partial charge in [0.2, 0.25) is 0 Å². The number of nitrogens with zero attached hydrogens (tertiary/aromatic N) is 4. The summed E-state index contributed by atoms with van der Waals surface area (Å²) in [7, 11) is 0. The Bertz CT molecular complexity index is 829. The van der Waals surface area contributed by atoms with Crippen molar-refractivity contribution in [2.45, 2.75) is 6.92 Å². The van der Waals surface area contributed by atoms with Crippen molar-refractivity contribution in [3.05, 3.63) is 52.3 Å². The van der Waals surface area contributed by atoms with Crippen LogP contribution >= 0.6 is 0 Å². The molecule has 0 unspecified atom stereocenters. The average molecular weight is 344 g/mol. The summed E-state index contributed by atoms with van der Waals surface area (Å²) in [5.74, 6) is -1.84. The number of carboxylic acid groups (broad SMARTS) is 1. The maximum atomic E-state index is 12.5. The smallest absolute Gasteiger partial charge is 0.308 e. The molecule has 2 aromatic rings. The molecule has 1 aliphatic rings. The maximum Gasteiger partial charge on any atom is 0.308 e. The molecule has 0 bridgehead atoms. The Hall–Kier alpha value is -3.23. The molecule has 0 radical (unpaired) electrons. The van der Waals surface area contributed by atoms with Crippen molar-refractivity contribution in [3.8, 4) is 5.69 Å². The summed E-state index contributed by atoms with van der Waals surface area (Å²) in [5, 5.41) is 24.0. The van der Waals surface area contributed by atoms with Gasteiger partial charge >= 0.3 is 5.97 Å². The van der Waals surface area contributed by atoms with Gasteiger partial charge < -0.3 is 10.0 Å². The lowest BCUT2D eigenvalue weighted by Crippen LogP contribution is -2.29. The van der Waals surface area contributed by atoms with Crippen LogP contribution in [0.15, 0.2) is 36.7 Å². The van der Waals surface area contributed by atoms with E-state index in [9.17, 15) is 19.7 Å². The lowest BCUT2D eigenvalue weighted by Gasteiger charge is -2.14. The zero-order valence-corrected chi connectivity index (χ0v) is 13.4. The fraction of sp³-hybridized carbons (Fsp3) is 0.312. The summed E-state index contributed by atoms with van der Waals surface area (Å²) in [6.45, 7) is 2.38. The molecule has 0 aliphatic carbocycles. The van der Waals surface area contributed by atoms with Crippen LogP contribution in [0.3, 0.4) is 0 Å². The third-order valence-electron chi connectivity index (χ3n) is 4.37. The SMILES string of the molecule is C[C@@H]1CN(C(=O)c2cnn(-c3ccc([N+](=O)[O-])cc3)c2)C[C@H]1C(=O)O. The second-order valence-corrected chi connectivity index (χ2v) is 6.08. The summed E-state index contributed by atoms with van der Waals surface area (Å²) in [6.07, 6.45) is 2.94. The molecule has 25 heavy (non-hydrogen) atoms. The van der Waals surface area contributed by atoms with Crippen LogP contribution in [0.25, 0.3) is 5.69 Å². The van der Waals surface area contributed by atoms with Gasteiger partial charge in [0.1, 0.15) is 0 Å². The minimum atomic E-state index is -0.899. The first-order valence-electron chi connectivity index (χ1n) is 7.68. The van der Waals surface area contributed by atoms with Gasteiger partial charge in [-0.05, 0) is 18.1 Å². The molecule has 0 spiro atoms. The van der Waals surface area contributed by atoms with Crippen molar-refractivity contribution in [1.29, 1.82) is 0 Å². The largest absolute Gasteiger partial charge is 0.481 e. The van der Waals surface area contributed by atoms with Crippen LogP contribution in [-0.4, -0.2) is 49.7 Å². The first-order chi connectivity index (χ1) is 11.9. The van der Waals surface area contributed by atoms with E-state index in [0.717, 1.165) is 0 Å². The van der Waals surface area contributed by atoms with E-state index in [1.165, 1.54) is 46.2 Å². The van der Waals surface area contributed by atoms with Crippen LogP contribution in [-0.2, 0) is 4.79 Å². The predicted molar refractivity (Wildman–Crippen MR) is 86.4 cm³/mol. The molecule has 1 amide bonds. The number of non-ortho nitro benzene ring substituents is 1. The van der Waals surface area contributed by atoms with E-state index in [-0.39, 0.29) is 24.1 Å². The first-order valence-corrected chi connectivity index (χ1v) is 7.68. The second-order valence-electron chi connectivity index (χ2n) is 6.08. The summed E-state index contributed by atoms with van der Waals surface area (Å²) < 4.78 is 1.45. The Morgan fingerprint density at radius 1 is 1.28 bits per heavy atom. The number of carboxylic acids is 1. The van der Waals surface area contributed by atoms with Gasteiger partial charge in [0.05, 0.1) is 28.3 Å². The van der Waals surface area contributed by atoms with Crippen molar-refractivity contribution in [2.75, 3.05) is 13.1 Å². The van der Waals surface area contributed by atoms with Crippen LogP contribution in [0.1, 0.15) is 17.3 Å². The van der Waals surface area contributed by atoms with Gasteiger partial charge in [-0.2, -0.15) is 5.10 Å². The highest BCUT2D eigenvalue weighted by atomic mass is 16.6. The van der Waals surface area contributed by atoms with Crippen molar-refractivity contribution in [1.82, 2.24) is 14.7 Å². The van der Waals surface area contributed by atoms with E-state index >= 15 is 0 Å². The molecule has 1 N–H and O–H groups in total. The number of nitro benzene ring substituents is 1. The summed E-state index contributed by atoms with van der Waals surface area (Å²) >= 11 is 0. The van der Waals surface area contributed by atoms with Crippen molar-refractivity contribution in [3.63, 3.8) is 0 Å². The highest BCUT2D eigenvalue weighted by Crippen LogP contribution is 2.25. The lowest BCUT2D eigenvalue weighted by molar-refractivity contribution is -0.384. The molecule has 1 aromatic heterocycles. The number of carbonyl (C=O) groups excluding carboxylic acids is 1. The van der Waals surface area contributed by atoms with Gasteiger partial charge in [-0.1, -0.05) is 6.92 Å². The van der Waals surface area contributed by atoms with Crippen LogP contribution in [0.2, 0.25) is 0 Å². The van der Waals surface area contributed by atoms with Gasteiger partial charge in [0, 0.05) is 31.4 Å². The van der Waals surface area contributed by atoms with Gasteiger partial charge in [-0.25, -0.2) is 4.68 Å². The zero-order chi connectivity index (χ0) is 18.1. The molecule has 9 nitrogen and oxygen atoms in total. The van der Waals surface area contributed by atoms with Crippen LogP contribution in [0.5, 0.6) is 0 Å². The number of amides is 1. The monoisotopic (exact) mass is 344 g/mol. The number of aromatic nitrogens is 2. The van der Waals surface area contributed by atoms with E-state index in [4.69, 9.17) is 5.11 Å². The highest BCUT2D eigenvalue weighted by molar-refractivity contribution is 5.94. The molecule has 1 aromatic carbocycles. The summed E-state index contributed by atoms with van der Waals surface area (Å²) in [6, 6.07) is 5.80. The Labute approximate surface area is 142 Å². The number of likely N-dealkylation sites (tertiary alicyclic amines) is 1. The molecule has 0 saturated carbocycles. The second kappa shape index (κ2) is 6.34. The topological polar surface area (TPSA) is 119 Å². The molecule has 2 atom stereocenters. The maximum absolute atomic E-state index is 12.5. The molecule has 1 aliphatic heterocycles. The van der Waals surface area contributed by atoms with Gasteiger partial charge in [-0.15, -0.1) is 0 Å². The Balaban J connectivity index is 1.76. The van der Waals surface area contributed by atoms with Gasteiger partial charge in [0.25, 0.3) is 11.6 Å². The molecule has 1 saturated heterocycles. The number of rotatable bonds is 4. The molecule has 130 valence electrons. The zero-order valence-electron chi connectivity index (χ0n) is 13.4. The molecule has 9 heteroatoms. The van der Waals surface area contributed by atoms with Crippen molar-refractivity contribution < 1.29 is 19.6 Å². The number of benzene rings is 1. The molecule has 3 rings (SSSR count).